The molecule has 0 aliphatic heterocycles. The highest BCUT2D eigenvalue weighted by Crippen LogP contribution is 2.17. The summed E-state index contributed by atoms with van der Waals surface area (Å²) in [5, 5.41) is 5.06. The lowest BCUT2D eigenvalue weighted by molar-refractivity contribution is 0.0953. The van der Waals surface area contributed by atoms with Crippen molar-refractivity contribution in [2.24, 2.45) is 5.73 Å². The molecule has 1 aromatic carbocycles. The second-order valence-corrected chi connectivity index (χ2v) is 4.07. The Morgan fingerprint density at radius 2 is 1.72 bits per heavy atom. The van der Waals surface area contributed by atoms with Crippen LogP contribution in [-0.2, 0) is 0 Å². The predicted molar refractivity (Wildman–Crippen MR) is 70.2 cm³/mol. The normalized spacial score (nSPS) is 9.89. The SMILES string of the molecule is Cc1cc(C)c(C(=O)NCCNC(N)=O)cc1N. The summed E-state index contributed by atoms with van der Waals surface area (Å²) in [7, 11) is 0. The number of hydrogen-bond donors (Lipinski definition) is 4. The number of carbonyl (C=O) groups excluding carboxylic acids is 2. The minimum atomic E-state index is -0.611. The molecule has 0 spiro atoms. The molecule has 0 heterocycles. The Hall–Kier alpha value is -2.24. The summed E-state index contributed by atoms with van der Waals surface area (Å²) >= 11 is 0. The van der Waals surface area contributed by atoms with Crippen molar-refractivity contribution in [2.75, 3.05) is 18.8 Å². The van der Waals surface area contributed by atoms with Crippen molar-refractivity contribution in [1.82, 2.24) is 10.6 Å². The molecule has 0 radical (unpaired) electrons. The molecule has 6 nitrogen and oxygen atoms in total. The molecule has 0 saturated heterocycles. The van der Waals surface area contributed by atoms with E-state index in [9.17, 15) is 9.59 Å². The second kappa shape index (κ2) is 5.90. The first-order chi connectivity index (χ1) is 8.41. The summed E-state index contributed by atoms with van der Waals surface area (Å²) < 4.78 is 0. The first kappa shape index (κ1) is 13.8. The predicted octanol–water partition coefficient (Wildman–Crippen LogP) is 0.284. The number of amides is 3. The van der Waals surface area contributed by atoms with Gasteiger partial charge in [-0.15, -0.1) is 0 Å². The van der Waals surface area contributed by atoms with Crippen molar-refractivity contribution in [3.8, 4) is 0 Å². The van der Waals surface area contributed by atoms with Crippen molar-refractivity contribution in [2.45, 2.75) is 13.8 Å². The molecular weight excluding hydrogens is 232 g/mol. The fourth-order valence-electron chi connectivity index (χ4n) is 1.57. The van der Waals surface area contributed by atoms with Crippen LogP contribution < -0.4 is 22.1 Å². The van der Waals surface area contributed by atoms with Crippen LogP contribution in [0.25, 0.3) is 0 Å². The molecule has 6 N–H and O–H groups in total. The monoisotopic (exact) mass is 250 g/mol. The number of primary amides is 1. The smallest absolute Gasteiger partial charge is 0.312 e. The summed E-state index contributed by atoms with van der Waals surface area (Å²) in [6, 6.07) is 2.91. The Bertz CT molecular complexity index is 471. The van der Waals surface area contributed by atoms with Gasteiger partial charge in [-0.05, 0) is 31.0 Å². The van der Waals surface area contributed by atoms with Gasteiger partial charge in [0.15, 0.2) is 0 Å². The van der Waals surface area contributed by atoms with E-state index >= 15 is 0 Å². The maximum absolute atomic E-state index is 11.9. The van der Waals surface area contributed by atoms with Gasteiger partial charge in [0, 0.05) is 24.3 Å². The van der Waals surface area contributed by atoms with Gasteiger partial charge in [0.1, 0.15) is 0 Å². The number of rotatable bonds is 4. The Balaban J connectivity index is 2.62. The number of nitrogens with one attached hydrogen (secondary N) is 2. The van der Waals surface area contributed by atoms with Crippen LogP contribution in [0, 0.1) is 13.8 Å². The van der Waals surface area contributed by atoms with Gasteiger partial charge in [-0.1, -0.05) is 6.07 Å². The third kappa shape index (κ3) is 3.65. The maximum Gasteiger partial charge on any atom is 0.312 e. The molecule has 6 heteroatoms. The molecule has 0 bridgehead atoms. The van der Waals surface area contributed by atoms with Crippen molar-refractivity contribution in [3.05, 3.63) is 28.8 Å². The Morgan fingerprint density at radius 3 is 2.33 bits per heavy atom. The van der Waals surface area contributed by atoms with Gasteiger partial charge < -0.3 is 22.1 Å². The lowest BCUT2D eigenvalue weighted by Gasteiger charge is -2.10. The van der Waals surface area contributed by atoms with Gasteiger partial charge in [0.05, 0.1) is 0 Å². The van der Waals surface area contributed by atoms with Gasteiger partial charge in [0.2, 0.25) is 0 Å². The maximum atomic E-state index is 11.9. The fourth-order valence-corrected chi connectivity index (χ4v) is 1.57. The molecule has 1 aromatic rings. The summed E-state index contributed by atoms with van der Waals surface area (Å²) in [6.07, 6.45) is 0. The van der Waals surface area contributed by atoms with E-state index < -0.39 is 6.03 Å². The van der Waals surface area contributed by atoms with Gasteiger partial charge in [0.25, 0.3) is 5.91 Å². The van der Waals surface area contributed by atoms with E-state index in [0.717, 1.165) is 11.1 Å². The van der Waals surface area contributed by atoms with Gasteiger partial charge >= 0.3 is 6.03 Å². The van der Waals surface area contributed by atoms with Crippen LogP contribution in [0.2, 0.25) is 0 Å². The zero-order valence-corrected chi connectivity index (χ0v) is 10.5. The number of carbonyl (C=O) groups is 2. The standard InChI is InChI=1S/C12H18N4O2/c1-7-5-8(2)10(13)6-9(7)11(17)15-3-4-16-12(14)18/h5-6H,3-4,13H2,1-2H3,(H,15,17)(H3,14,16,18). The second-order valence-electron chi connectivity index (χ2n) is 4.07. The Morgan fingerprint density at radius 1 is 1.11 bits per heavy atom. The summed E-state index contributed by atoms with van der Waals surface area (Å²) in [5.41, 5.74) is 13.6. The topological polar surface area (TPSA) is 110 Å². The first-order valence-corrected chi connectivity index (χ1v) is 5.60. The number of benzene rings is 1. The number of nitrogens with two attached hydrogens (primary N) is 2. The first-order valence-electron chi connectivity index (χ1n) is 5.60. The average molecular weight is 250 g/mol. The summed E-state index contributed by atoms with van der Waals surface area (Å²) in [5.74, 6) is -0.217. The zero-order chi connectivity index (χ0) is 13.7. The van der Waals surface area contributed by atoms with E-state index in [0.29, 0.717) is 24.3 Å². The van der Waals surface area contributed by atoms with Crippen LogP contribution in [0.5, 0.6) is 0 Å². The van der Waals surface area contributed by atoms with E-state index in [1.165, 1.54) is 0 Å². The van der Waals surface area contributed by atoms with Crippen molar-refractivity contribution in [3.63, 3.8) is 0 Å². The molecule has 0 atom stereocenters. The Kier molecular flexibility index (Phi) is 4.53. The minimum Gasteiger partial charge on any atom is -0.398 e. The molecule has 18 heavy (non-hydrogen) atoms. The van der Waals surface area contributed by atoms with E-state index in [-0.39, 0.29) is 5.91 Å². The highest BCUT2D eigenvalue weighted by molar-refractivity contribution is 5.96. The molecule has 0 saturated carbocycles. The molecule has 3 amide bonds. The van der Waals surface area contributed by atoms with E-state index in [4.69, 9.17) is 11.5 Å². The molecule has 0 aliphatic carbocycles. The molecule has 0 fully saturated rings. The molecular formula is C12H18N4O2. The molecule has 0 unspecified atom stereocenters. The van der Waals surface area contributed by atoms with E-state index in [1.807, 2.05) is 19.9 Å². The van der Waals surface area contributed by atoms with E-state index in [2.05, 4.69) is 10.6 Å². The van der Waals surface area contributed by atoms with Crippen LogP contribution >= 0.6 is 0 Å². The quantitative estimate of drug-likeness (QED) is 0.455. The van der Waals surface area contributed by atoms with Gasteiger partial charge in [-0.2, -0.15) is 0 Å². The summed E-state index contributed by atoms with van der Waals surface area (Å²) in [6.45, 7) is 4.35. The largest absolute Gasteiger partial charge is 0.398 e. The van der Waals surface area contributed by atoms with Crippen LogP contribution in [0.4, 0.5) is 10.5 Å². The lowest BCUT2D eigenvalue weighted by Crippen LogP contribution is -2.37. The van der Waals surface area contributed by atoms with Crippen molar-refractivity contribution < 1.29 is 9.59 Å². The zero-order valence-electron chi connectivity index (χ0n) is 10.5. The van der Waals surface area contributed by atoms with Crippen LogP contribution in [0.15, 0.2) is 12.1 Å². The van der Waals surface area contributed by atoms with Gasteiger partial charge in [-0.25, -0.2) is 4.79 Å². The minimum absolute atomic E-state index is 0.217. The van der Waals surface area contributed by atoms with Crippen LogP contribution in [-0.4, -0.2) is 25.0 Å². The van der Waals surface area contributed by atoms with Crippen LogP contribution in [0.1, 0.15) is 21.5 Å². The lowest BCUT2D eigenvalue weighted by atomic mass is 10.0. The van der Waals surface area contributed by atoms with Crippen molar-refractivity contribution in [1.29, 1.82) is 0 Å². The summed E-state index contributed by atoms with van der Waals surface area (Å²) in [4.78, 5) is 22.3. The van der Waals surface area contributed by atoms with E-state index in [1.54, 1.807) is 6.07 Å². The number of nitrogen functional groups attached to an aromatic ring is 1. The van der Waals surface area contributed by atoms with Gasteiger partial charge in [-0.3, -0.25) is 4.79 Å². The number of urea groups is 1. The number of aryl methyl sites for hydroxylation is 2. The van der Waals surface area contributed by atoms with Crippen LogP contribution in [0.3, 0.4) is 0 Å². The molecule has 0 aliphatic rings. The number of hydrogen-bond acceptors (Lipinski definition) is 3. The van der Waals surface area contributed by atoms with Crippen molar-refractivity contribution >= 4 is 17.6 Å². The Labute approximate surface area is 106 Å². The average Bonchev–Trinajstić information content (AvgIpc) is 2.28. The third-order valence-electron chi connectivity index (χ3n) is 2.57. The molecule has 0 aromatic heterocycles. The molecule has 98 valence electrons. The number of anilines is 1. The highest BCUT2D eigenvalue weighted by atomic mass is 16.2. The molecule has 1 rings (SSSR count). The fraction of sp³-hybridized carbons (Fsp3) is 0.333. The third-order valence-corrected chi connectivity index (χ3v) is 2.57. The highest BCUT2D eigenvalue weighted by Gasteiger charge is 2.10.